The Labute approximate surface area is 282 Å². The average Bonchev–Trinajstić information content (AvgIpc) is 3.59. The van der Waals surface area contributed by atoms with Crippen molar-refractivity contribution in [2.45, 2.75) is 62.6 Å². The number of carbonyl (C=O) groups is 2. The summed E-state index contributed by atoms with van der Waals surface area (Å²) in [5, 5.41) is 3.52. The van der Waals surface area contributed by atoms with Gasteiger partial charge in [0.25, 0.3) is 10.0 Å². The Balaban J connectivity index is 1.57. The van der Waals surface area contributed by atoms with Crippen molar-refractivity contribution in [1.82, 2.24) is 10.2 Å². The van der Waals surface area contributed by atoms with Gasteiger partial charge in [-0.25, -0.2) is 8.42 Å². The van der Waals surface area contributed by atoms with Crippen molar-refractivity contribution in [1.29, 1.82) is 0 Å². The zero-order valence-electron chi connectivity index (χ0n) is 26.6. The standard InChI is InChI=1S/C37H40ClN3O5S/c1-27-11-6-7-14-29(27)25-40(35(23-28-12-4-3-5-13-28)37(43)39-31-16-8-9-17-31)36(42)26-41(32-18-10-15-30(38)24-32)47(44,45)34-21-19-33(46-2)20-22-34/h3-7,10-15,18-22,24,31,35H,8-9,16-17,23,25-26H2,1-2H3,(H,39,43)/t35-/m0/s1. The number of hydrogen-bond donors (Lipinski definition) is 1. The molecule has 1 aliphatic carbocycles. The minimum Gasteiger partial charge on any atom is -0.497 e. The van der Waals surface area contributed by atoms with Gasteiger partial charge in [-0.15, -0.1) is 0 Å². The molecule has 1 N–H and O–H groups in total. The summed E-state index contributed by atoms with van der Waals surface area (Å²) in [6.45, 7) is 1.52. The molecule has 0 unspecified atom stereocenters. The fraction of sp³-hybridized carbons (Fsp3) is 0.297. The Morgan fingerprint density at radius 3 is 2.26 bits per heavy atom. The first-order valence-electron chi connectivity index (χ1n) is 15.8. The molecule has 0 heterocycles. The summed E-state index contributed by atoms with van der Waals surface area (Å²) in [6, 6.07) is 28.8. The zero-order chi connectivity index (χ0) is 33.4. The van der Waals surface area contributed by atoms with Gasteiger partial charge in [-0.2, -0.15) is 0 Å². The van der Waals surface area contributed by atoms with Crippen molar-refractivity contribution in [2.24, 2.45) is 0 Å². The van der Waals surface area contributed by atoms with Gasteiger partial charge < -0.3 is 15.0 Å². The molecule has 1 fully saturated rings. The van der Waals surface area contributed by atoms with Gasteiger partial charge >= 0.3 is 0 Å². The van der Waals surface area contributed by atoms with Crippen LogP contribution in [-0.4, -0.2) is 50.9 Å². The van der Waals surface area contributed by atoms with Gasteiger partial charge in [0.1, 0.15) is 18.3 Å². The van der Waals surface area contributed by atoms with Crippen molar-refractivity contribution in [3.05, 3.63) is 125 Å². The van der Waals surface area contributed by atoms with E-state index in [0.717, 1.165) is 46.7 Å². The molecule has 47 heavy (non-hydrogen) atoms. The number of sulfonamides is 1. The number of aryl methyl sites for hydroxylation is 1. The van der Waals surface area contributed by atoms with Crippen LogP contribution in [0.1, 0.15) is 42.4 Å². The second-order valence-electron chi connectivity index (χ2n) is 11.8. The van der Waals surface area contributed by atoms with Crippen LogP contribution in [0.3, 0.4) is 0 Å². The number of benzene rings is 4. The molecule has 10 heteroatoms. The minimum atomic E-state index is -4.26. The minimum absolute atomic E-state index is 0.0173. The molecular formula is C37H40ClN3O5S. The molecule has 246 valence electrons. The summed E-state index contributed by atoms with van der Waals surface area (Å²) in [7, 11) is -2.76. The number of nitrogens with zero attached hydrogens (tertiary/aromatic N) is 2. The van der Waals surface area contributed by atoms with E-state index in [9.17, 15) is 18.0 Å². The molecule has 1 atom stereocenters. The summed E-state index contributed by atoms with van der Waals surface area (Å²) < 4.78 is 34.7. The van der Waals surface area contributed by atoms with Gasteiger partial charge in [0.2, 0.25) is 11.8 Å². The molecule has 0 saturated heterocycles. The van der Waals surface area contributed by atoms with Gasteiger partial charge in [-0.3, -0.25) is 13.9 Å². The van der Waals surface area contributed by atoms with E-state index < -0.39 is 28.5 Å². The SMILES string of the molecule is COc1ccc(S(=O)(=O)N(CC(=O)N(Cc2ccccc2C)[C@@H](Cc2ccccc2)C(=O)NC2CCCC2)c2cccc(Cl)c2)cc1. The fourth-order valence-electron chi connectivity index (χ4n) is 5.93. The molecule has 0 aliphatic heterocycles. The summed E-state index contributed by atoms with van der Waals surface area (Å²) >= 11 is 6.33. The van der Waals surface area contributed by atoms with Crippen LogP contribution in [-0.2, 0) is 32.6 Å². The normalized spacial score (nSPS) is 13.9. The Morgan fingerprint density at radius 1 is 0.915 bits per heavy atom. The lowest BCUT2D eigenvalue weighted by Gasteiger charge is -2.34. The van der Waals surface area contributed by atoms with Gasteiger partial charge in [0.15, 0.2) is 0 Å². The third kappa shape index (κ3) is 8.53. The third-order valence-electron chi connectivity index (χ3n) is 8.60. The fourth-order valence-corrected chi connectivity index (χ4v) is 7.52. The molecule has 4 aromatic rings. The van der Waals surface area contributed by atoms with Gasteiger partial charge in [0.05, 0.1) is 17.7 Å². The smallest absolute Gasteiger partial charge is 0.264 e. The Kier molecular flexibility index (Phi) is 11.2. The third-order valence-corrected chi connectivity index (χ3v) is 10.6. The van der Waals surface area contributed by atoms with Crippen molar-refractivity contribution in [3.63, 3.8) is 0 Å². The molecule has 1 saturated carbocycles. The van der Waals surface area contributed by atoms with Crippen LogP contribution in [0, 0.1) is 6.92 Å². The maximum absolute atomic E-state index is 14.7. The number of ether oxygens (including phenoxy) is 1. The molecule has 1 aliphatic rings. The number of anilines is 1. The van der Waals surface area contributed by atoms with Crippen LogP contribution in [0.25, 0.3) is 0 Å². The monoisotopic (exact) mass is 673 g/mol. The molecule has 0 spiro atoms. The van der Waals surface area contributed by atoms with Gasteiger partial charge in [-0.05, 0) is 78.9 Å². The van der Waals surface area contributed by atoms with E-state index in [1.54, 1.807) is 30.3 Å². The van der Waals surface area contributed by atoms with E-state index in [0.29, 0.717) is 10.8 Å². The number of nitrogens with one attached hydrogen (secondary N) is 1. The molecule has 2 amide bonds. The first-order chi connectivity index (χ1) is 22.7. The highest BCUT2D eigenvalue weighted by Crippen LogP contribution is 2.28. The van der Waals surface area contributed by atoms with E-state index >= 15 is 0 Å². The van der Waals surface area contributed by atoms with Crippen LogP contribution in [0.15, 0.2) is 108 Å². The van der Waals surface area contributed by atoms with Crippen LogP contribution in [0.5, 0.6) is 5.75 Å². The Bertz CT molecular complexity index is 1780. The maximum Gasteiger partial charge on any atom is 0.264 e. The number of rotatable bonds is 13. The highest BCUT2D eigenvalue weighted by Gasteiger charge is 2.35. The number of amides is 2. The van der Waals surface area contributed by atoms with E-state index in [-0.39, 0.29) is 35.5 Å². The van der Waals surface area contributed by atoms with Crippen molar-refractivity contribution in [2.75, 3.05) is 18.0 Å². The van der Waals surface area contributed by atoms with Crippen LogP contribution in [0.4, 0.5) is 5.69 Å². The van der Waals surface area contributed by atoms with Gasteiger partial charge in [0, 0.05) is 24.0 Å². The number of hydrogen-bond acceptors (Lipinski definition) is 5. The van der Waals surface area contributed by atoms with Crippen molar-refractivity contribution in [3.8, 4) is 5.75 Å². The Hall–Kier alpha value is -4.34. The number of carbonyl (C=O) groups excluding carboxylic acids is 2. The number of methoxy groups -OCH3 is 1. The topological polar surface area (TPSA) is 96.0 Å². The molecule has 8 nitrogen and oxygen atoms in total. The lowest BCUT2D eigenvalue weighted by atomic mass is 10.0. The lowest BCUT2D eigenvalue weighted by molar-refractivity contribution is -0.140. The average molecular weight is 674 g/mol. The molecule has 5 rings (SSSR count). The van der Waals surface area contributed by atoms with E-state index in [1.165, 1.54) is 30.2 Å². The quantitative estimate of drug-likeness (QED) is 0.174. The number of halogens is 1. The molecular weight excluding hydrogens is 634 g/mol. The van der Waals surface area contributed by atoms with E-state index in [4.69, 9.17) is 16.3 Å². The molecule has 4 aromatic carbocycles. The summed E-state index contributed by atoms with van der Waals surface area (Å²) in [5.74, 6) is -0.279. The van der Waals surface area contributed by atoms with E-state index in [1.807, 2.05) is 61.5 Å². The maximum atomic E-state index is 14.7. The van der Waals surface area contributed by atoms with Crippen LogP contribution >= 0.6 is 11.6 Å². The predicted molar refractivity (Wildman–Crippen MR) is 185 cm³/mol. The first-order valence-corrected chi connectivity index (χ1v) is 17.6. The van der Waals surface area contributed by atoms with E-state index in [2.05, 4.69) is 5.32 Å². The molecule has 0 aromatic heterocycles. The summed E-state index contributed by atoms with van der Waals surface area (Å²) in [6.07, 6.45) is 4.12. The zero-order valence-corrected chi connectivity index (χ0v) is 28.2. The lowest BCUT2D eigenvalue weighted by Crippen LogP contribution is -2.54. The second kappa shape index (κ2) is 15.5. The summed E-state index contributed by atoms with van der Waals surface area (Å²) in [4.78, 5) is 30.3. The highest BCUT2D eigenvalue weighted by atomic mass is 35.5. The summed E-state index contributed by atoms with van der Waals surface area (Å²) in [5.41, 5.74) is 2.93. The second-order valence-corrected chi connectivity index (χ2v) is 14.1. The van der Waals surface area contributed by atoms with Crippen molar-refractivity contribution < 1.29 is 22.7 Å². The Morgan fingerprint density at radius 2 is 1.60 bits per heavy atom. The van der Waals surface area contributed by atoms with Crippen molar-refractivity contribution >= 4 is 39.1 Å². The first kappa shape index (κ1) is 34.0. The largest absolute Gasteiger partial charge is 0.497 e. The van der Waals surface area contributed by atoms with Crippen LogP contribution < -0.4 is 14.4 Å². The van der Waals surface area contributed by atoms with Gasteiger partial charge in [-0.1, -0.05) is 85.1 Å². The predicted octanol–water partition coefficient (Wildman–Crippen LogP) is 6.55. The highest BCUT2D eigenvalue weighted by molar-refractivity contribution is 7.92. The molecule has 0 bridgehead atoms. The van der Waals surface area contributed by atoms with Crippen LogP contribution in [0.2, 0.25) is 5.02 Å². The molecule has 0 radical (unpaired) electrons.